The molecule has 1 aromatic carbocycles. The van der Waals surface area contributed by atoms with Crippen LogP contribution in [0.2, 0.25) is 0 Å². The molecule has 3 heterocycles. The van der Waals surface area contributed by atoms with Crippen LogP contribution in [0.3, 0.4) is 0 Å². The molecule has 1 amide bonds. The van der Waals surface area contributed by atoms with E-state index in [9.17, 15) is 4.79 Å². The lowest BCUT2D eigenvalue weighted by Gasteiger charge is -2.33. The molecule has 4 rings (SSSR count). The van der Waals surface area contributed by atoms with Crippen LogP contribution in [-0.4, -0.2) is 35.0 Å². The molecule has 0 spiro atoms. The molecular formula is C22H23BrN6O. The van der Waals surface area contributed by atoms with Gasteiger partial charge in [-0.3, -0.25) is 9.78 Å². The smallest absolute Gasteiger partial charge is 0.276 e. The summed E-state index contributed by atoms with van der Waals surface area (Å²) in [5.41, 5.74) is 15.8. The summed E-state index contributed by atoms with van der Waals surface area (Å²) in [5, 5.41) is 2.93. The lowest BCUT2D eigenvalue weighted by Crippen LogP contribution is -2.43. The fraction of sp³-hybridized carbons (Fsp3) is 0.227. The van der Waals surface area contributed by atoms with Gasteiger partial charge in [-0.25, -0.2) is 4.98 Å². The fourth-order valence-electron chi connectivity index (χ4n) is 3.63. The van der Waals surface area contributed by atoms with Crippen LogP contribution in [-0.2, 0) is 0 Å². The van der Waals surface area contributed by atoms with Crippen molar-refractivity contribution >= 4 is 38.9 Å². The fourth-order valence-corrected chi connectivity index (χ4v) is 4.03. The Morgan fingerprint density at radius 2 is 2.10 bits per heavy atom. The van der Waals surface area contributed by atoms with E-state index in [0.717, 1.165) is 41.7 Å². The Labute approximate surface area is 183 Å². The number of hydrogen-bond donors (Lipinski definition) is 3. The van der Waals surface area contributed by atoms with Gasteiger partial charge in [0.1, 0.15) is 0 Å². The number of anilines is 3. The minimum absolute atomic E-state index is 0.120. The second kappa shape index (κ2) is 8.81. The zero-order chi connectivity index (χ0) is 21.1. The molecule has 3 aromatic rings. The van der Waals surface area contributed by atoms with E-state index in [-0.39, 0.29) is 17.6 Å². The van der Waals surface area contributed by atoms with E-state index in [0.29, 0.717) is 17.1 Å². The van der Waals surface area contributed by atoms with Crippen LogP contribution in [0.1, 0.15) is 23.3 Å². The number of nitrogens with one attached hydrogen (secondary N) is 1. The van der Waals surface area contributed by atoms with Crippen molar-refractivity contribution in [3.05, 3.63) is 65.0 Å². The molecule has 0 bridgehead atoms. The van der Waals surface area contributed by atoms with Crippen LogP contribution < -0.4 is 21.7 Å². The van der Waals surface area contributed by atoms with Crippen LogP contribution in [0.4, 0.5) is 17.1 Å². The number of carbonyl (C=O) groups is 1. The summed E-state index contributed by atoms with van der Waals surface area (Å²) in [6, 6.07) is 13.2. The highest BCUT2D eigenvalue weighted by molar-refractivity contribution is 9.10. The van der Waals surface area contributed by atoms with Gasteiger partial charge in [-0.05, 0) is 43.2 Å². The van der Waals surface area contributed by atoms with E-state index in [1.807, 2.05) is 30.3 Å². The molecule has 1 aliphatic heterocycles. The number of amides is 1. The summed E-state index contributed by atoms with van der Waals surface area (Å²) >= 11 is 3.46. The third kappa shape index (κ3) is 4.44. The molecule has 0 radical (unpaired) electrons. The summed E-state index contributed by atoms with van der Waals surface area (Å²) in [6.07, 6.45) is 5.37. The van der Waals surface area contributed by atoms with Gasteiger partial charge < -0.3 is 21.7 Å². The Morgan fingerprint density at radius 1 is 1.23 bits per heavy atom. The first-order valence-corrected chi connectivity index (χ1v) is 10.6. The number of hydrogen-bond acceptors (Lipinski definition) is 6. The molecule has 30 heavy (non-hydrogen) atoms. The number of carbonyl (C=O) groups excluding carboxylic acids is 1. The molecule has 8 heteroatoms. The first-order valence-electron chi connectivity index (χ1n) is 9.79. The van der Waals surface area contributed by atoms with Crippen molar-refractivity contribution in [3.63, 3.8) is 0 Å². The molecule has 154 valence electrons. The average molecular weight is 467 g/mol. The minimum atomic E-state index is -0.375. The Balaban J connectivity index is 1.61. The predicted molar refractivity (Wildman–Crippen MR) is 123 cm³/mol. The topological polar surface area (TPSA) is 110 Å². The molecule has 1 aliphatic rings. The summed E-state index contributed by atoms with van der Waals surface area (Å²) in [5.74, 6) is -0.375. The second-order valence-electron chi connectivity index (χ2n) is 7.34. The van der Waals surface area contributed by atoms with Crippen molar-refractivity contribution < 1.29 is 4.79 Å². The average Bonchev–Trinajstić information content (AvgIpc) is 2.74. The Hall–Kier alpha value is -2.97. The maximum absolute atomic E-state index is 13.1. The molecule has 0 aliphatic carbocycles. The van der Waals surface area contributed by atoms with Gasteiger partial charge in [-0.15, -0.1) is 0 Å². The number of rotatable bonds is 4. The number of halogens is 1. The second-order valence-corrected chi connectivity index (χ2v) is 8.26. The maximum atomic E-state index is 13.1. The first kappa shape index (κ1) is 20.3. The summed E-state index contributed by atoms with van der Waals surface area (Å²) < 4.78 is 0.935. The van der Waals surface area contributed by atoms with E-state index < -0.39 is 0 Å². The number of benzene rings is 1. The van der Waals surface area contributed by atoms with Gasteiger partial charge in [0.15, 0.2) is 5.69 Å². The largest absolute Gasteiger partial charge is 0.397 e. The van der Waals surface area contributed by atoms with Crippen LogP contribution in [0, 0.1) is 0 Å². The first-order chi connectivity index (χ1) is 14.5. The van der Waals surface area contributed by atoms with Crippen LogP contribution in [0.15, 0.2) is 59.3 Å². The summed E-state index contributed by atoms with van der Waals surface area (Å²) in [6.45, 7) is 1.63. The molecule has 1 fully saturated rings. The van der Waals surface area contributed by atoms with Crippen molar-refractivity contribution in [1.82, 2.24) is 9.97 Å². The van der Waals surface area contributed by atoms with E-state index in [1.165, 1.54) is 0 Å². The van der Waals surface area contributed by atoms with Gasteiger partial charge in [-0.2, -0.15) is 0 Å². The molecule has 5 N–H and O–H groups in total. The molecule has 0 unspecified atom stereocenters. The lowest BCUT2D eigenvalue weighted by atomic mass is 10.1. The normalized spacial score (nSPS) is 16.3. The zero-order valence-corrected chi connectivity index (χ0v) is 18.0. The molecule has 0 saturated carbocycles. The molecule has 1 atom stereocenters. The Bertz CT molecular complexity index is 1070. The molecular weight excluding hydrogens is 444 g/mol. The SMILES string of the molecule is Nc1ccc(-c2cccc(Br)c2)nc1C(=O)Nc1cnccc1N1CCC[C@H](N)C1. The number of nitrogens with zero attached hydrogens (tertiary/aromatic N) is 3. The lowest BCUT2D eigenvalue weighted by molar-refractivity contribution is 0.102. The monoisotopic (exact) mass is 466 g/mol. The molecule has 7 nitrogen and oxygen atoms in total. The predicted octanol–water partition coefficient (Wildman–Crippen LogP) is 3.67. The van der Waals surface area contributed by atoms with Gasteiger partial charge >= 0.3 is 0 Å². The zero-order valence-electron chi connectivity index (χ0n) is 16.4. The minimum Gasteiger partial charge on any atom is -0.397 e. The quantitative estimate of drug-likeness (QED) is 0.540. The van der Waals surface area contributed by atoms with Gasteiger partial charge in [0.05, 0.1) is 29.0 Å². The third-order valence-electron chi connectivity index (χ3n) is 5.11. The highest BCUT2D eigenvalue weighted by Gasteiger charge is 2.21. The Kier molecular flexibility index (Phi) is 5.96. The highest BCUT2D eigenvalue weighted by Crippen LogP contribution is 2.29. The van der Waals surface area contributed by atoms with E-state index in [4.69, 9.17) is 11.5 Å². The van der Waals surface area contributed by atoms with Crippen molar-refractivity contribution in [1.29, 1.82) is 0 Å². The van der Waals surface area contributed by atoms with Gasteiger partial charge in [0.25, 0.3) is 5.91 Å². The van der Waals surface area contributed by atoms with Crippen LogP contribution >= 0.6 is 15.9 Å². The van der Waals surface area contributed by atoms with E-state index in [1.54, 1.807) is 24.5 Å². The van der Waals surface area contributed by atoms with Crippen molar-refractivity contribution in [2.24, 2.45) is 5.73 Å². The van der Waals surface area contributed by atoms with Crippen molar-refractivity contribution in [2.45, 2.75) is 18.9 Å². The number of nitrogens with two attached hydrogens (primary N) is 2. The molecule has 2 aromatic heterocycles. The van der Waals surface area contributed by atoms with Gasteiger partial charge in [-0.1, -0.05) is 28.1 Å². The number of nitrogen functional groups attached to an aromatic ring is 1. The van der Waals surface area contributed by atoms with Gasteiger partial charge in [0.2, 0.25) is 0 Å². The van der Waals surface area contributed by atoms with Crippen LogP contribution in [0.5, 0.6) is 0 Å². The highest BCUT2D eigenvalue weighted by atomic mass is 79.9. The number of piperidine rings is 1. The van der Waals surface area contributed by atoms with Crippen molar-refractivity contribution in [2.75, 3.05) is 29.0 Å². The van der Waals surface area contributed by atoms with Crippen LogP contribution in [0.25, 0.3) is 11.3 Å². The van der Waals surface area contributed by atoms with Crippen molar-refractivity contribution in [3.8, 4) is 11.3 Å². The number of aromatic nitrogens is 2. The van der Waals surface area contributed by atoms with Gasteiger partial charge in [0, 0.05) is 35.4 Å². The molecule has 1 saturated heterocycles. The number of pyridine rings is 2. The maximum Gasteiger partial charge on any atom is 0.276 e. The standard InChI is InChI=1S/C22H23BrN6O/c23-15-4-1-3-14(11-15)18-7-6-17(25)21(27-18)22(30)28-19-12-26-9-8-20(19)29-10-2-5-16(24)13-29/h1,3-4,6-9,11-12,16H,2,5,10,13,24-25H2,(H,28,30)/t16-/m0/s1. The Morgan fingerprint density at radius 3 is 2.90 bits per heavy atom. The third-order valence-corrected chi connectivity index (χ3v) is 5.60. The summed E-state index contributed by atoms with van der Waals surface area (Å²) in [7, 11) is 0. The van der Waals surface area contributed by atoms with E-state index >= 15 is 0 Å². The van der Waals surface area contributed by atoms with E-state index in [2.05, 4.69) is 36.1 Å². The summed E-state index contributed by atoms with van der Waals surface area (Å²) in [4.78, 5) is 23.9.